The van der Waals surface area contributed by atoms with Crippen LogP contribution in [0.4, 0.5) is 0 Å². The molecule has 434 valence electrons. The number of aliphatic hydroxyl groups is 5. The van der Waals surface area contributed by atoms with Crippen LogP contribution in [0.25, 0.3) is 0 Å². The molecule has 1 amide bonds. The molecule has 0 spiro atoms. The number of rotatable bonds is 51. The minimum absolute atomic E-state index is 0.122. The maximum Gasteiger partial charge on any atom is 0.306 e. The van der Waals surface area contributed by atoms with E-state index in [1.54, 1.807) is 6.08 Å². The van der Waals surface area contributed by atoms with Crippen LogP contribution < -0.4 is 5.32 Å². The predicted molar refractivity (Wildman–Crippen MR) is 310 cm³/mol. The van der Waals surface area contributed by atoms with Crippen molar-refractivity contribution in [1.29, 1.82) is 0 Å². The Bertz CT molecular complexity index is 1490. The Morgan fingerprint density at radius 2 is 0.960 bits per heavy atom. The molecule has 1 aliphatic heterocycles. The van der Waals surface area contributed by atoms with Gasteiger partial charge in [0.15, 0.2) is 12.4 Å². The summed E-state index contributed by atoms with van der Waals surface area (Å²) < 4.78 is 17.6. The van der Waals surface area contributed by atoms with Gasteiger partial charge in [0.25, 0.3) is 0 Å². The summed E-state index contributed by atoms with van der Waals surface area (Å²) in [6, 6.07) is -1.04. The monoisotopic (exact) mass is 1060 g/mol. The van der Waals surface area contributed by atoms with Gasteiger partial charge in [-0.3, -0.25) is 9.59 Å². The molecule has 0 aliphatic carbocycles. The van der Waals surface area contributed by atoms with Crippen LogP contribution in [0.1, 0.15) is 258 Å². The smallest absolute Gasteiger partial charge is 0.306 e. The Kier molecular flexibility index (Phi) is 48.5. The number of hydrogen-bond acceptors (Lipinski definition) is 10. The molecule has 8 unspecified atom stereocenters. The molecule has 0 aromatic heterocycles. The second kappa shape index (κ2) is 51.8. The highest BCUT2D eigenvalue weighted by Gasteiger charge is 2.47. The summed E-state index contributed by atoms with van der Waals surface area (Å²) in [5.74, 6) is -1.21. The minimum Gasteiger partial charge on any atom is -0.454 e. The topological polar surface area (TPSA) is 175 Å². The molecule has 6 N–H and O–H groups in total. The van der Waals surface area contributed by atoms with Crippen molar-refractivity contribution in [2.45, 2.75) is 307 Å². The number of hydrogen-bond donors (Lipinski definition) is 6. The van der Waals surface area contributed by atoms with Crippen molar-refractivity contribution in [2.24, 2.45) is 0 Å². The van der Waals surface area contributed by atoms with E-state index in [-0.39, 0.29) is 19.4 Å². The van der Waals surface area contributed by atoms with Crippen LogP contribution >= 0.6 is 0 Å². The van der Waals surface area contributed by atoms with E-state index in [0.29, 0.717) is 12.8 Å². The normalized spacial score (nSPS) is 19.7. The molecular formula is C64H113NO10. The summed E-state index contributed by atoms with van der Waals surface area (Å²) in [5, 5.41) is 56.9. The molecule has 0 aromatic carbocycles. The average molecular weight is 1060 g/mol. The number of carbonyl (C=O) groups is 2. The minimum atomic E-state index is -1.62. The van der Waals surface area contributed by atoms with E-state index >= 15 is 0 Å². The van der Waals surface area contributed by atoms with Crippen molar-refractivity contribution in [1.82, 2.24) is 5.32 Å². The Balaban J connectivity index is 2.69. The van der Waals surface area contributed by atoms with E-state index in [1.165, 1.54) is 116 Å². The van der Waals surface area contributed by atoms with Gasteiger partial charge in [0.05, 0.1) is 25.4 Å². The van der Waals surface area contributed by atoms with Gasteiger partial charge in [0.2, 0.25) is 5.91 Å². The molecule has 75 heavy (non-hydrogen) atoms. The zero-order chi connectivity index (χ0) is 54.7. The molecule has 0 saturated carbocycles. The third-order valence-corrected chi connectivity index (χ3v) is 14.1. The first kappa shape index (κ1) is 70.1. The lowest BCUT2D eigenvalue weighted by atomic mass is 9.99. The first-order valence-electron chi connectivity index (χ1n) is 30.7. The fraction of sp³-hybridized carbons (Fsp3) is 0.781. The highest BCUT2D eigenvalue weighted by atomic mass is 16.7. The van der Waals surface area contributed by atoms with Crippen LogP contribution in [0.15, 0.2) is 72.9 Å². The molecule has 0 aromatic rings. The molecule has 1 fully saturated rings. The molecule has 11 nitrogen and oxygen atoms in total. The first-order chi connectivity index (χ1) is 36.7. The van der Waals surface area contributed by atoms with Gasteiger partial charge in [-0.15, -0.1) is 0 Å². The zero-order valence-electron chi connectivity index (χ0n) is 47.9. The fourth-order valence-electron chi connectivity index (χ4n) is 9.27. The fourth-order valence-corrected chi connectivity index (χ4v) is 9.27. The number of esters is 1. The number of nitrogens with one attached hydrogen (secondary N) is 1. The number of ether oxygens (including phenoxy) is 3. The van der Waals surface area contributed by atoms with E-state index < -0.39 is 67.4 Å². The molecule has 1 saturated heterocycles. The molecule has 1 heterocycles. The molecule has 8 atom stereocenters. The van der Waals surface area contributed by atoms with Crippen molar-refractivity contribution in [3.8, 4) is 0 Å². The van der Waals surface area contributed by atoms with Crippen molar-refractivity contribution in [3.05, 3.63) is 72.9 Å². The lowest BCUT2D eigenvalue weighted by Gasteiger charge is -2.41. The summed E-state index contributed by atoms with van der Waals surface area (Å²) in [5.41, 5.74) is 0. The average Bonchev–Trinajstić information content (AvgIpc) is 3.41. The van der Waals surface area contributed by atoms with E-state index in [9.17, 15) is 35.1 Å². The second-order valence-corrected chi connectivity index (χ2v) is 21.1. The Labute approximate surface area is 458 Å². The third kappa shape index (κ3) is 40.0. The van der Waals surface area contributed by atoms with Gasteiger partial charge >= 0.3 is 5.97 Å². The van der Waals surface area contributed by atoms with Crippen LogP contribution in [0.5, 0.6) is 0 Å². The highest BCUT2D eigenvalue weighted by molar-refractivity contribution is 5.80. The quantitative estimate of drug-likeness (QED) is 0.0195. The summed E-state index contributed by atoms with van der Waals surface area (Å²) >= 11 is 0. The van der Waals surface area contributed by atoms with E-state index in [1.807, 2.05) is 6.08 Å². The lowest BCUT2D eigenvalue weighted by Crippen LogP contribution is -2.61. The number of carbonyl (C=O) groups excluding carboxylic acids is 2. The standard InChI is InChI=1S/C64H113NO10/c1-4-7-10-13-16-19-22-24-26-27-28-29-30-32-33-36-39-42-45-48-51-57(68)63(72)65-55(56(67)50-47-44-41-38-35-21-18-15-12-9-6-3)54-73-64-62(61(71)60(70)58(53-66)74-64)75-59(69)52-49-46-43-40-37-34-31-25-23-20-17-14-11-8-5-2/h7,10,16,19,24,26,28-29,32-33,47,50,55-58,60-62,64,66-68,70-71H,4-6,8-9,11-15,17-18,20-23,25,27,30-31,34-46,48-49,51-54H2,1-3H3,(H,65,72)/b10-7-,19-16-,26-24-,29-28-,33-32-,50-47+. The SMILES string of the molecule is CC/C=C\C/C=C\C/C=C\C/C=C\C/C=C\CCCCCCC(O)C(=O)NC(COC1OC(CO)C(O)C(O)C1OC(=O)CCCCCCCCCCCCCCCCC)C(O)/C=C/CCCCCCCCCCC. The number of unbranched alkanes of at least 4 members (excludes halogenated alkanes) is 27. The lowest BCUT2D eigenvalue weighted by molar-refractivity contribution is -0.305. The summed E-state index contributed by atoms with van der Waals surface area (Å²) in [4.78, 5) is 26.5. The number of allylic oxidation sites excluding steroid dienone is 11. The number of aliphatic hydroxyl groups excluding tert-OH is 5. The van der Waals surface area contributed by atoms with Crippen LogP contribution in [-0.2, 0) is 23.8 Å². The van der Waals surface area contributed by atoms with Gasteiger partial charge in [-0.1, -0.05) is 254 Å². The predicted octanol–water partition coefficient (Wildman–Crippen LogP) is 14.4. The van der Waals surface area contributed by atoms with Gasteiger partial charge < -0.3 is 45.1 Å². The Hall–Kier alpha value is -2.90. The maximum atomic E-state index is 13.4. The van der Waals surface area contributed by atoms with Crippen molar-refractivity contribution in [3.63, 3.8) is 0 Å². The molecule has 1 aliphatic rings. The van der Waals surface area contributed by atoms with Crippen molar-refractivity contribution < 1.29 is 49.3 Å². The van der Waals surface area contributed by atoms with Gasteiger partial charge in [-0.25, -0.2) is 0 Å². The van der Waals surface area contributed by atoms with Gasteiger partial charge in [0, 0.05) is 6.42 Å². The van der Waals surface area contributed by atoms with Crippen LogP contribution in [0.2, 0.25) is 0 Å². The molecule has 11 heteroatoms. The first-order valence-corrected chi connectivity index (χ1v) is 30.7. The largest absolute Gasteiger partial charge is 0.454 e. The van der Waals surface area contributed by atoms with E-state index in [2.05, 4.69) is 86.8 Å². The number of amides is 1. The molecule has 0 radical (unpaired) electrons. The van der Waals surface area contributed by atoms with Crippen molar-refractivity contribution in [2.75, 3.05) is 13.2 Å². The molecule has 1 rings (SSSR count). The summed E-state index contributed by atoms with van der Waals surface area (Å²) in [6.07, 6.45) is 55.1. The van der Waals surface area contributed by atoms with Crippen LogP contribution in [0, 0.1) is 0 Å². The summed E-state index contributed by atoms with van der Waals surface area (Å²) in [6.45, 7) is 5.66. The Morgan fingerprint density at radius 1 is 0.533 bits per heavy atom. The zero-order valence-corrected chi connectivity index (χ0v) is 47.9. The van der Waals surface area contributed by atoms with Crippen molar-refractivity contribution >= 4 is 11.9 Å². The molecule has 0 bridgehead atoms. The van der Waals surface area contributed by atoms with E-state index in [0.717, 1.165) is 96.3 Å². The van der Waals surface area contributed by atoms with Gasteiger partial charge in [-0.05, 0) is 70.6 Å². The third-order valence-electron chi connectivity index (χ3n) is 14.1. The van der Waals surface area contributed by atoms with Crippen LogP contribution in [0.3, 0.4) is 0 Å². The van der Waals surface area contributed by atoms with Crippen LogP contribution in [-0.4, -0.2) is 99.6 Å². The van der Waals surface area contributed by atoms with Gasteiger partial charge in [-0.2, -0.15) is 0 Å². The maximum absolute atomic E-state index is 13.4. The second-order valence-electron chi connectivity index (χ2n) is 21.1. The van der Waals surface area contributed by atoms with E-state index in [4.69, 9.17) is 14.2 Å². The summed E-state index contributed by atoms with van der Waals surface area (Å²) in [7, 11) is 0. The van der Waals surface area contributed by atoms with Gasteiger partial charge in [0.1, 0.15) is 24.4 Å². The Morgan fingerprint density at radius 3 is 1.44 bits per heavy atom. The molecular weight excluding hydrogens is 943 g/mol. The highest BCUT2D eigenvalue weighted by Crippen LogP contribution is 2.26.